The van der Waals surface area contributed by atoms with E-state index in [1.807, 2.05) is 13.8 Å². The number of ether oxygens (including phenoxy) is 6. The number of hydrogen-bond donors (Lipinski definition) is 24. The Balaban J connectivity index is 1.10. The number of nitrogens with zero attached hydrogens (tertiary/aromatic N) is 1. The van der Waals surface area contributed by atoms with Gasteiger partial charge in [0.1, 0.15) is 141 Å². The monoisotopic (exact) mass is 1420 g/mol. The number of nitrogens with one attached hydrogen (secondary N) is 9. The van der Waals surface area contributed by atoms with Crippen LogP contribution in [0.25, 0.3) is 0 Å². The first-order valence-electron chi connectivity index (χ1n) is 33.2. The molecule has 6 amide bonds. The van der Waals surface area contributed by atoms with Gasteiger partial charge in [-0.2, -0.15) is 0 Å². The maximum absolute atomic E-state index is 15.3. The Morgan fingerprint density at radius 2 is 1.20 bits per heavy atom. The molecular formula is C62H96N12O26. The number of rotatable bonds is 23. The maximum atomic E-state index is 15.3. The van der Waals surface area contributed by atoms with Gasteiger partial charge >= 0.3 is 5.97 Å². The minimum Gasteiger partial charge on any atom is -0.463 e. The Bertz CT molecular complexity index is 3020. The van der Waals surface area contributed by atoms with Gasteiger partial charge in [0.05, 0.1) is 50.5 Å². The standard InChI is InChI=1S/C62H96N12O26/c1-4-9-28(10-5-2)58(94)95-24-36-44(82)45(83)48(86)57(97-36)74-33(19-67-62(74)64)42(80)40-55(92)69-32(21-75)52(89)65-20-37(78)71-38(25(3)27-11-7-6-8-12-27)54(91)68-30(53(90)72-39(56(93)73-40)41(79)31-18-66-61(63)70-31)17-26-13-15-29(16-14-26)96-59-50(88)47(85)51(35(23-77)99-59)100-60-49(87)46(84)43(81)34(22-76)98-60/h6-8,11-16,25,28,30-36,38-51,57,59-62,66-67,70,75-77,79-88H,4-5,9-10,17-24,63-64H2,1-3H3,(H,65,89)(H,68,91)(H,69,92)(H,71,78)(H,72,90)(H,73,93)/t25-,30+,31-,32-,33-,34+,35+,36+,38-,39-,40+,41-,42-,43+,44+,45-,46-,47+,48-,49-,50-,51+,57-,59-,60+,61?,62?/m0/s1. The van der Waals surface area contributed by atoms with Crippen molar-refractivity contribution in [3.63, 3.8) is 0 Å². The van der Waals surface area contributed by atoms with Gasteiger partial charge in [0.25, 0.3) is 0 Å². The van der Waals surface area contributed by atoms with Gasteiger partial charge in [0.2, 0.25) is 41.7 Å². The molecular weight excluding hydrogens is 1330 g/mol. The number of hydrogen-bond acceptors (Lipinski definition) is 32. The summed E-state index contributed by atoms with van der Waals surface area (Å²) >= 11 is 0. The average molecular weight is 1430 g/mol. The summed E-state index contributed by atoms with van der Waals surface area (Å²) in [5, 5.41) is 166. The van der Waals surface area contributed by atoms with Crippen molar-refractivity contribution in [2.45, 2.75) is 218 Å². The lowest BCUT2D eigenvalue weighted by Crippen LogP contribution is -2.70. The molecule has 6 saturated heterocycles. The Hall–Kier alpha value is -6.39. The second-order valence-electron chi connectivity index (χ2n) is 25.7. The molecule has 0 aliphatic carbocycles. The van der Waals surface area contributed by atoms with Gasteiger partial charge in [-0.05, 0) is 36.1 Å². The maximum Gasteiger partial charge on any atom is 0.309 e. The normalized spacial score (nSPS) is 37.1. The van der Waals surface area contributed by atoms with Crippen LogP contribution in [0.5, 0.6) is 5.75 Å². The summed E-state index contributed by atoms with van der Waals surface area (Å²) in [7, 11) is 0. The summed E-state index contributed by atoms with van der Waals surface area (Å²) in [4.78, 5) is 102. The van der Waals surface area contributed by atoms with Crippen LogP contribution in [0.1, 0.15) is 63.5 Å². The molecule has 6 heterocycles. The molecule has 8 rings (SSSR count). The van der Waals surface area contributed by atoms with Crippen LogP contribution in [0.3, 0.4) is 0 Å². The van der Waals surface area contributed by atoms with E-state index < -0.39 is 258 Å². The van der Waals surface area contributed by atoms with Crippen LogP contribution in [-0.2, 0) is 63.7 Å². The first-order valence-corrected chi connectivity index (χ1v) is 33.2. The Kier molecular flexibility index (Phi) is 28.7. The average Bonchev–Trinajstić information content (AvgIpc) is 1.16. The molecule has 38 nitrogen and oxygen atoms in total. The topological polar surface area (TPSA) is 601 Å². The lowest BCUT2D eigenvalue weighted by atomic mass is 9.92. The third-order valence-corrected chi connectivity index (χ3v) is 18.7. The lowest BCUT2D eigenvalue weighted by molar-refractivity contribution is -0.352. The fourth-order valence-electron chi connectivity index (χ4n) is 12.9. The second-order valence-corrected chi connectivity index (χ2v) is 25.7. The molecule has 26 N–H and O–H groups in total. The summed E-state index contributed by atoms with van der Waals surface area (Å²) in [6, 6.07) is 1.08. The second kappa shape index (κ2) is 36.2. The van der Waals surface area contributed by atoms with E-state index in [1.54, 1.807) is 37.3 Å². The van der Waals surface area contributed by atoms with Crippen molar-refractivity contribution in [2.24, 2.45) is 17.4 Å². The van der Waals surface area contributed by atoms with E-state index in [0.717, 1.165) is 4.90 Å². The molecule has 38 heteroatoms. The number of carbonyl (C=O) groups excluding carboxylic acids is 7. The molecule has 27 atom stereocenters. The van der Waals surface area contributed by atoms with Gasteiger partial charge < -0.3 is 138 Å². The van der Waals surface area contributed by atoms with Crippen LogP contribution in [0.2, 0.25) is 0 Å². The quantitative estimate of drug-likeness (QED) is 0.0459. The van der Waals surface area contributed by atoms with Gasteiger partial charge in [0, 0.05) is 25.4 Å². The van der Waals surface area contributed by atoms with Gasteiger partial charge in [-0.1, -0.05) is 76.1 Å². The van der Waals surface area contributed by atoms with Crippen LogP contribution in [0.15, 0.2) is 54.6 Å². The molecule has 0 aromatic heterocycles. The summed E-state index contributed by atoms with van der Waals surface area (Å²) in [5.74, 6) is -9.32. The molecule has 6 aliphatic heterocycles. The Labute approximate surface area is 573 Å². The third-order valence-electron chi connectivity index (χ3n) is 18.7. The summed E-state index contributed by atoms with van der Waals surface area (Å²) in [5.41, 5.74) is 13.3. The SMILES string of the molecule is CCCC(CCC)C(=O)OC[C@H]1O[C@H](N2C(N)NC[C@H]2[C@H](O)[C@H]2NC(=O)[C@H]([C@@H](O)[C@@H]3CNC(N)N3)NC(=O)[C@@H](Cc3ccc(O[C@H]4O[C@H](CO)[C@@H](O[C@H]5O[C@H](CO)[C@@H](O)[C@H](O)[C@@H]5O)[C@H](O)[C@@H]4O)cc3)NC(=O)[C@H]([C@@H](C)c3ccccc3)NC(=O)CNC(=O)[C@H](CO)NC2=O)[C@@H](O)[C@@H](O)[C@@H]1O. The number of benzene rings is 2. The minimum absolute atomic E-state index is 0.0704. The number of nitrogens with two attached hydrogens (primary N) is 2. The van der Waals surface area contributed by atoms with Crippen LogP contribution in [-0.4, -0.2) is 318 Å². The van der Waals surface area contributed by atoms with Crippen LogP contribution in [0.4, 0.5) is 0 Å². The number of amides is 6. The smallest absolute Gasteiger partial charge is 0.309 e. The Morgan fingerprint density at radius 3 is 1.83 bits per heavy atom. The molecule has 6 fully saturated rings. The van der Waals surface area contributed by atoms with Gasteiger partial charge in [-0.3, -0.25) is 49.5 Å². The largest absolute Gasteiger partial charge is 0.463 e. The van der Waals surface area contributed by atoms with Gasteiger partial charge in [-0.25, -0.2) is 4.90 Å². The van der Waals surface area contributed by atoms with Crippen molar-refractivity contribution >= 4 is 41.4 Å². The highest BCUT2D eigenvalue weighted by molar-refractivity contribution is 5.98. The number of aliphatic hydroxyl groups is 13. The van der Waals surface area contributed by atoms with Crippen LogP contribution in [0, 0.1) is 5.92 Å². The molecule has 100 heavy (non-hydrogen) atoms. The summed E-state index contributed by atoms with van der Waals surface area (Å²) < 4.78 is 34.4. The van der Waals surface area contributed by atoms with Crippen molar-refractivity contribution in [1.82, 2.24) is 52.8 Å². The van der Waals surface area contributed by atoms with E-state index in [-0.39, 0.29) is 17.9 Å². The molecule has 0 spiro atoms. The highest BCUT2D eigenvalue weighted by Crippen LogP contribution is 2.33. The first-order chi connectivity index (χ1) is 47.6. The molecule has 2 aromatic rings. The zero-order valence-corrected chi connectivity index (χ0v) is 55.1. The molecule has 2 unspecified atom stereocenters. The zero-order valence-electron chi connectivity index (χ0n) is 55.1. The number of carbonyl (C=O) groups is 7. The van der Waals surface area contributed by atoms with E-state index in [0.29, 0.717) is 31.2 Å². The predicted molar refractivity (Wildman–Crippen MR) is 339 cm³/mol. The highest BCUT2D eigenvalue weighted by Gasteiger charge is 2.55. The predicted octanol–water partition coefficient (Wildman–Crippen LogP) is -11.8. The van der Waals surface area contributed by atoms with E-state index in [1.165, 1.54) is 24.3 Å². The molecule has 0 bridgehead atoms. The summed E-state index contributed by atoms with van der Waals surface area (Å²) in [6.07, 6.45) is -31.8. The molecule has 6 aliphatic rings. The fourth-order valence-corrected chi connectivity index (χ4v) is 12.9. The van der Waals surface area contributed by atoms with E-state index in [2.05, 4.69) is 47.9 Å². The van der Waals surface area contributed by atoms with Crippen LogP contribution < -0.4 is 64.1 Å². The lowest BCUT2D eigenvalue weighted by Gasteiger charge is -2.47. The van der Waals surface area contributed by atoms with Gasteiger partial charge in [-0.15, -0.1) is 0 Å². The zero-order chi connectivity index (χ0) is 73.0. The number of aliphatic hydroxyl groups excluding tert-OH is 13. The molecule has 0 radical (unpaired) electrons. The third kappa shape index (κ3) is 18.9. The van der Waals surface area contributed by atoms with Gasteiger partial charge in [0.15, 0.2) is 6.29 Å². The number of esters is 1. The van der Waals surface area contributed by atoms with E-state index in [9.17, 15) is 90.4 Å². The van der Waals surface area contributed by atoms with Crippen molar-refractivity contribution in [2.75, 3.05) is 46.1 Å². The van der Waals surface area contributed by atoms with Crippen molar-refractivity contribution in [3.05, 3.63) is 65.7 Å². The van der Waals surface area contributed by atoms with Crippen molar-refractivity contribution in [3.8, 4) is 5.75 Å². The van der Waals surface area contributed by atoms with Crippen molar-refractivity contribution < 1.29 is 128 Å². The molecule has 2 aromatic carbocycles. The van der Waals surface area contributed by atoms with E-state index in [4.69, 9.17) is 39.9 Å². The van der Waals surface area contributed by atoms with Crippen LogP contribution >= 0.6 is 0 Å². The molecule has 0 saturated carbocycles. The fraction of sp³-hybridized carbons (Fsp3) is 0.694. The van der Waals surface area contributed by atoms with E-state index >= 15 is 9.59 Å². The van der Waals surface area contributed by atoms with Crippen molar-refractivity contribution in [1.29, 1.82) is 0 Å². The minimum atomic E-state index is -2.33. The Morgan fingerprint density at radius 1 is 0.610 bits per heavy atom. The first kappa shape index (κ1) is 79.3. The highest BCUT2D eigenvalue weighted by atomic mass is 16.7. The summed E-state index contributed by atoms with van der Waals surface area (Å²) in [6.45, 7) is 0.385. The molecule has 560 valence electrons.